The second-order valence-corrected chi connectivity index (χ2v) is 7.19. The molecule has 140 valence electrons. The topological polar surface area (TPSA) is 90.0 Å². The number of aromatic amines is 1. The molecule has 0 aliphatic carbocycles. The Morgan fingerprint density at radius 1 is 1.26 bits per heavy atom. The summed E-state index contributed by atoms with van der Waals surface area (Å²) in [7, 11) is 4.10. The first kappa shape index (κ1) is 17.4. The average Bonchev–Trinajstić information content (AvgIpc) is 3.28. The van der Waals surface area contributed by atoms with Gasteiger partial charge < -0.3 is 20.1 Å². The first-order valence-electron chi connectivity index (χ1n) is 9.01. The predicted octanol–water partition coefficient (Wildman–Crippen LogP) is 1.15. The summed E-state index contributed by atoms with van der Waals surface area (Å²) in [6.07, 6.45) is 5.12. The molecule has 3 aromatic rings. The van der Waals surface area contributed by atoms with E-state index in [0.29, 0.717) is 24.0 Å². The zero-order valence-electron chi connectivity index (χ0n) is 15.5. The molecule has 0 unspecified atom stereocenters. The van der Waals surface area contributed by atoms with Gasteiger partial charge in [-0.25, -0.2) is 15.0 Å². The van der Waals surface area contributed by atoms with Crippen LogP contribution in [0.25, 0.3) is 11.0 Å². The maximum Gasteiger partial charge on any atom is 0.251 e. The van der Waals surface area contributed by atoms with Crippen LogP contribution in [0.5, 0.6) is 0 Å². The Hall–Kier alpha value is -3.00. The number of rotatable bonds is 5. The maximum absolute atomic E-state index is 12.8. The van der Waals surface area contributed by atoms with E-state index < -0.39 is 0 Å². The summed E-state index contributed by atoms with van der Waals surface area (Å²) in [5, 5.41) is 3.21. The van der Waals surface area contributed by atoms with Gasteiger partial charge in [-0.3, -0.25) is 4.79 Å². The number of carbonyl (C=O) groups is 1. The molecule has 2 atom stereocenters. The van der Waals surface area contributed by atoms with Gasteiger partial charge in [-0.2, -0.15) is 0 Å². The monoisotopic (exact) mass is 365 g/mol. The predicted molar refractivity (Wildman–Crippen MR) is 104 cm³/mol. The van der Waals surface area contributed by atoms with Crippen LogP contribution in [0.15, 0.2) is 43.0 Å². The number of hydrogen-bond acceptors (Lipinski definition) is 6. The smallest absolute Gasteiger partial charge is 0.251 e. The number of nitrogens with one attached hydrogen (secondary N) is 2. The zero-order valence-corrected chi connectivity index (χ0v) is 15.5. The van der Waals surface area contributed by atoms with E-state index in [0.717, 1.165) is 24.1 Å². The van der Waals surface area contributed by atoms with Crippen LogP contribution in [0, 0.1) is 5.92 Å². The van der Waals surface area contributed by atoms with Gasteiger partial charge in [-0.1, -0.05) is 0 Å². The Morgan fingerprint density at radius 3 is 2.85 bits per heavy atom. The lowest BCUT2D eigenvalue weighted by Gasteiger charge is -2.22. The molecule has 8 heteroatoms. The summed E-state index contributed by atoms with van der Waals surface area (Å²) in [4.78, 5) is 33.1. The van der Waals surface area contributed by atoms with Gasteiger partial charge in [0.05, 0.1) is 23.4 Å². The highest BCUT2D eigenvalue weighted by Crippen LogP contribution is 2.22. The molecule has 2 N–H and O–H groups in total. The molecular weight excluding hydrogens is 342 g/mol. The van der Waals surface area contributed by atoms with Gasteiger partial charge in [0.25, 0.3) is 5.91 Å². The second kappa shape index (κ2) is 7.32. The van der Waals surface area contributed by atoms with Crippen molar-refractivity contribution in [3.8, 4) is 0 Å². The Morgan fingerprint density at radius 2 is 2.07 bits per heavy atom. The number of aromatic nitrogens is 4. The van der Waals surface area contributed by atoms with Crippen molar-refractivity contribution in [1.29, 1.82) is 0 Å². The van der Waals surface area contributed by atoms with E-state index >= 15 is 0 Å². The van der Waals surface area contributed by atoms with Crippen molar-refractivity contribution in [3.05, 3.63) is 48.5 Å². The van der Waals surface area contributed by atoms with Crippen molar-refractivity contribution < 1.29 is 4.79 Å². The van der Waals surface area contributed by atoms with Crippen LogP contribution in [-0.2, 0) is 0 Å². The largest absolute Gasteiger partial charge is 0.347 e. The van der Waals surface area contributed by atoms with Crippen molar-refractivity contribution in [1.82, 2.24) is 30.2 Å². The SMILES string of the molecule is CN(C)C[C@@H]1CN(c2ncccn2)C[C@H]1NC(=O)c1ccc2nc[nH]c2c1. The fraction of sp³-hybridized carbons (Fsp3) is 0.368. The van der Waals surface area contributed by atoms with Gasteiger partial charge in [0.2, 0.25) is 5.95 Å². The third kappa shape index (κ3) is 3.75. The highest BCUT2D eigenvalue weighted by atomic mass is 16.1. The van der Waals surface area contributed by atoms with Gasteiger partial charge in [0.1, 0.15) is 0 Å². The summed E-state index contributed by atoms with van der Waals surface area (Å²) >= 11 is 0. The molecule has 0 radical (unpaired) electrons. The molecule has 0 spiro atoms. The first-order chi connectivity index (χ1) is 13.1. The van der Waals surface area contributed by atoms with E-state index in [9.17, 15) is 4.79 Å². The number of fused-ring (bicyclic) bond motifs is 1. The summed E-state index contributed by atoms with van der Waals surface area (Å²) in [6, 6.07) is 7.35. The molecule has 1 fully saturated rings. The van der Waals surface area contributed by atoms with Crippen LogP contribution in [0.3, 0.4) is 0 Å². The molecule has 1 aliphatic heterocycles. The molecule has 4 rings (SSSR count). The number of benzene rings is 1. The molecule has 1 aliphatic rings. The average molecular weight is 365 g/mol. The molecule has 1 aromatic carbocycles. The Bertz CT molecular complexity index is 924. The van der Waals surface area contributed by atoms with E-state index in [1.165, 1.54) is 0 Å². The molecule has 8 nitrogen and oxygen atoms in total. The van der Waals surface area contributed by atoms with Crippen LogP contribution >= 0.6 is 0 Å². The van der Waals surface area contributed by atoms with Gasteiger partial charge in [0.15, 0.2) is 0 Å². The minimum Gasteiger partial charge on any atom is -0.347 e. The van der Waals surface area contributed by atoms with Gasteiger partial charge in [-0.05, 0) is 38.4 Å². The van der Waals surface area contributed by atoms with E-state index in [1.807, 2.05) is 38.4 Å². The lowest BCUT2D eigenvalue weighted by Crippen LogP contribution is -2.43. The van der Waals surface area contributed by atoms with Gasteiger partial charge in [-0.15, -0.1) is 0 Å². The lowest BCUT2D eigenvalue weighted by atomic mass is 10.0. The van der Waals surface area contributed by atoms with Crippen LogP contribution in [0.2, 0.25) is 0 Å². The molecule has 0 bridgehead atoms. The molecule has 1 amide bonds. The number of amides is 1. The number of nitrogens with zero attached hydrogens (tertiary/aromatic N) is 5. The van der Waals surface area contributed by atoms with E-state index in [4.69, 9.17) is 0 Å². The van der Waals surface area contributed by atoms with Gasteiger partial charge >= 0.3 is 0 Å². The number of anilines is 1. The normalized spacial score (nSPS) is 19.7. The lowest BCUT2D eigenvalue weighted by molar-refractivity contribution is 0.0928. The molecule has 2 aromatic heterocycles. The summed E-state index contributed by atoms with van der Waals surface area (Å²) in [5.41, 5.74) is 2.34. The van der Waals surface area contributed by atoms with Crippen LogP contribution in [0.1, 0.15) is 10.4 Å². The number of carbonyl (C=O) groups excluding carboxylic acids is 1. The van der Waals surface area contributed by atoms with Crippen LogP contribution in [-0.4, -0.2) is 70.5 Å². The third-order valence-electron chi connectivity index (χ3n) is 4.87. The van der Waals surface area contributed by atoms with Crippen molar-refractivity contribution in [3.63, 3.8) is 0 Å². The van der Waals surface area contributed by atoms with Crippen LogP contribution in [0.4, 0.5) is 5.95 Å². The molecule has 0 saturated carbocycles. The van der Waals surface area contributed by atoms with Crippen molar-refractivity contribution in [2.75, 3.05) is 38.6 Å². The summed E-state index contributed by atoms with van der Waals surface area (Å²) in [6.45, 7) is 2.39. The fourth-order valence-corrected chi connectivity index (χ4v) is 3.64. The second-order valence-electron chi connectivity index (χ2n) is 7.19. The van der Waals surface area contributed by atoms with E-state index in [-0.39, 0.29) is 11.9 Å². The molecule has 3 heterocycles. The molecular formula is C19H23N7O. The number of hydrogen-bond donors (Lipinski definition) is 2. The number of H-pyrrole nitrogens is 1. The number of imidazole rings is 1. The fourth-order valence-electron chi connectivity index (χ4n) is 3.64. The van der Waals surface area contributed by atoms with E-state index in [1.54, 1.807) is 18.7 Å². The Kier molecular flexibility index (Phi) is 4.72. The quantitative estimate of drug-likeness (QED) is 0.705. The van der Waals surface area contributed by atoms with Gasteiger partial charge in [0, 0.05) is 43.5 Å². The van der Waals surface area contributed by atoms with Crippen molar-refractivity contribution in [2.24, 2.45) is 5.92 Å². The highest BCUT2D eigenvalue weighted by Gasteiger charge is 2.35. The third-order valence-corrected chi connectivity index (χ3v) is 4.87. The van der Waals surface area contributed by atoms with Crippen molar-refractivity contribution >= 4 is 22.9 Å². The molecule has 27 heavy (non-hydrogen) atoms. The first-order valence-corrected chi connectivity index (χ1v) is 9.01. The summed E-state index contributed by atoms with van der Waals surface area (Å²) in [5.74, 6) is 0.927. The van der Waals surface area contributed by atoms with E-state index in [2.05, 4.69) is 35.1 Å². The van der Waals surface area contributed by atoms with Crippen molar-refractivity contribution in [2.45, 2.75) is 6.04 Å². The minimum absolute atomic E-state index is 0.0289. The minimum atomic E-state index is -0.0731. The Labute approximate surface area is 157 Å². The Balaban J connectivity index is 1.51. The molecule has 1 saturated heterocycles. The standard InChI is InChI=1S/C19H23N7O/c1-25(2)9-14-10-26(19-20-6-3-7-21-19)11-17(14)24-18(27)13-4-5-15-16(8-13)23-12-22-15/h3-8,12,14,17H,9-11H2,1-2H3,(H,22,23)(H,24,27)/t14-,17-/m1/s1. The zero-order chi connectivity index (χ0) is 18.8. The maximum atomic E-state index is 12.8. The van der Waals surface area contributed by atoms with Crippen LogP contribution < -0.4 is 10.2 Å². The highest BCUT2D eigenvalue weighted by molar-refractivity contribution is 5.97. The summed E-state index contributed by atoms with van der Waals surface area (Å²) < 4.78 is 0.